The lowest BCUT2D eigenvalue weighted by atomic mass is 10.1. The first-order chi connectivity index (χ1) is 6.18. The third kappa shape index (κ3) is 4.13. The maximum atomic E-state index is 10.8. The lowest BCUT2D eigenvalue weighted by Crippen LogP contribution is -2.03. The summed E-state index contributed by atoms with van der Waals surface area (Å²) in [6.07, 6.45) is 0.943. The monoisotopic (exact) mass is 193 g/mol. The predicted molar refractivity (Wildman–Crippen MR) is 56.7 cm³/mol. The van der Waals surface area contributed by atoms with Gasteiger partial charge >= 0.3 is 0 Å². The van der Waals surface area contributed by atoms with Crippen LogP contribution < -0.4 is 0 Å². The fourth-order valence-corrected chi connectivity index (χ4v) is 2.06. The van der Waals surface area contributed by atoms with E-state index in [4.69, 9.17) is 0 Å². The summed E-state index contributed by atoms with van der Waals surface area (Å²) in [6.45, 7) is 3.68. The first kappa shape index (κ1) is 10.3. The van der Waals surface area contributed by atoms with Crippen molar-refractivity contribution in [3.63, 3.8) is 0 Å². The van der Waals surface area contributed by atoms with E-state index in [-0.39, 0.29) is 5.12 Å². The van der Waals surface area contributed by atoms with Gasteiger partial charge in [-0.25, -0.2) is 0 Å². The van der Waals surface area contributed by atoms with E-state index >= 15 is 0 Å². The topological polar surface area (TPSA) is 17.1 Å². The van der Waals surface area contributed by atoms with Gasteiger partial charge in [0.25, 0.3) is 0 Å². The average Bonchev–Trinajstić information content (AvgIpc) is 2.04. The molecule has 0 saturated heterocycles. The molecule has 1 nitrogen and oxygen atoms in total. The van der Waals surface area contributed by atoms with Crippen LogP contribution in [0.15, 0.2) is 24.3 Å². The summed E-state index contributed by atoms with van der Waals surface area (Å²) in [5.41, 5.74) is 1.26. The van der Waals surface area contributed by atoms with Crippen molar-refractivity contribution >= 4 is 16.9 Å². The van der Waals surface area contributed by atoms with E-state index in [0.29, 0.717) is 5.25 Å². The fourth-order valence-electron chi connectivity index (χ4n) is 1.21. The second kappa shape index (κ2) is 5.07. The van der Waals surface area contributed by atoms with E-state index in [1.807, 2.05) is 24.3 Å². The Labute approximate surface area is 83.5 Å². The number of carbonyl (C=O) groups is 1. The quantitative estimate of drug-likeness (QED) is 0.734. The fraction of sp³-hybridized carbons (Fsp3) is 0.364. The molecule has 0 aliphatic rings. The Balaban J connectivity index is 2.45. The van der Waals surface area contributed by atoms with Crippen molar-refractivity contribution in [3.8, 4) is 0 Å². The maximum Gasteiger partial charge on any atom is 0.186 e. The highest BCUT2D eigenvalue weighted by molar-refractivity contribution is 8.14. The Morgan fingerprint density at radius 3 is 2.69 bits per heavy atom. The molecule has 0 saturated carbocycles. The Hall–Kier alpha value is -0.760. The van der Waals surface area contributed by atoms with Crippen molar-refractivity contribution in [2.45, 2.75) is 25.5 Å². The van der Waals surface area contributed by atoms with Crippen molar-refractivity contribution in [3.05, 3.63) is 35.9 Å². The minimum Gasteiger partial charge on any atom is -0.288 e. The number of hydrogen-bond acceptors (Lipinski definition) is 2. The SMILES string of the molecule is CC(=O)SC(C)Cc1cc[c]cc1. The molecule has 0 spiro atoms. The van der Waals surface area contributed by atoms with Gasteiger partial charge in [-0.2, -0.15) is 0 Å². The molecule has 2 heteroatoms. The van der Waals surface area contributed by atoms with Crippen molar-refractivity contribution in [1.29, 1.82) is 0 Å². The van der Waals surface area contributed by atoms with E-state index in [9.17, 15) is 4.79 Å². The molecule has 1 aromatic rings. The van der Waals surface area contributed by atoms with Crippen LogP contribution in [-0.2, 0) is 11.2 Å². The third-order valence-corrected chi connectivity index (χ3v) is 2.58. The Bertz CT molecular complexity index is 269. The molecule has 0 heterocycles. The van der Waals surface area contributed by atoms with Gasteiger partial charge in [0.05, 0.1) is 0 Å². The van der Waals surface area contributed by atoms with Crippen LogP contribution in [0.3, 0.4) is 0 Å². The molecule has 0 amide bonds. The molecule has 1 radical (unpaired) electrons. The van der Waals surface area contributed by atoms with Gasteiger partial charge in [-0.1, -0.05) is 43.0 Å². The molecule has 0 aromatic heterocycles. The summed E-state index contributed by atoms with van der Waals surface area (Å²) < 4.78 is 0. The second-order valence-corrected chi connectivity index (χ2v) is 4.65. The molecule has 1 rings (SSSR count). The van der Waals surface area contributed by atoms with Gasteiger partial charge in [-0.05, 0) is 18.1 Å². The summed E-state index contributed by atoms with van der Waals surface area (Å²) >= 11 is 1.40. The summed E-state index contributed by atoms with van der Waals surface area (Å²) in [6, 6.07) is 10.9. The zero-order valence-electron chi connectivity index (χ0n) is 7.91. The van der Waals surface area contributed by atoms with Crippen LogP contribution in [-0.4, -0.2) is 10.4 Å². The van der Waals surface area contributed by atoms with Crippen LogP contribution in [0.25, 0.3) is 0 Å². The lowest BCUT2D eigenvalue weighted by molar-refractivity contribution is -0.109. The lowest BCUT2D eigenvalue weighted by Gasteiger charge is -2.07. The van der Waals surface area contributed by atoms with Crippen LogP contribution >= 0.6 is 11.8 Å². The van der Waals surface area contributed by atoms with E-state index in [1.54, 1.807) is 6.92 Å². The molecular formula is C11H13OS. The van der Waals surface area contributed by atoms with Crippen molar-refractivity contribution in [2.75, 3.05) is 0 Å². The van der Waals surface area contributed by atoms with Crippen LogP contribution in [0.2, 0.25) is 0 Å². The maximum absolute atomic E-state index is 10.8. The van der Waals surface area contributed by atoms with Gasteiger partial charge in [0.1, 0.15) is 0 Å². The molecule has 0 N–H and O–H groups in total. The molecule has 13 heavy (non-hydrogen) atoms. The molecule has 0 aliphatic carbocycles. The largest absolute Gasteiger partial charge is 0.288 e. The normalized spacial score (nSPS) is 12.5. The summed E-state index contributed by atoms with van der Waals surface area (Å²) in [4.78, 5) is 10.8. The van der Waals surface area contributed by atoms with Gasteiger partial charge in [-0.3, -0.25) is 4.79 Å². The number of carbonyl (C=O) groups excluding carboxylic acids is 1. The van der Waals surface area contributed by atoms with Crippen LogP contribution in [0.5, 0.6) is 0 Å². The van der Waals surface area contributed by atoms with E-state index in [1.165, 1.54) is 17.3 Å². The molecular weight excluding hydrogens is 180 g/mol. The number of hydrogen-bond donors (Lipinski definition) is 0. The molecule has 1 aromatic carbocycles. The summed E-state index contributed by atoms with van der Waals surface area (Å²) in [5, 5.41) is 0.551. The molecule has 1 unspecified atom stereocenters. The Morgan fingerprint density at radius 1 is 1.54 bits per heavy atom. The van der Waals surface area contributed by atoms with Crippen molar-refractivity contribution in [1.82, 2.24) is 0 Å². The van der Waals surface area contributed by atoms with Crippen molar-refractivity contribution in [2.24, 2.45) is 0 Å². The zero-order valence-corrected chi connectivity index (χ0v) is 8.73. The van der Waals surface area contributed by atoms with Crippen molar-refractivity contribution < 1.29 is 4.79 Å². The molecule has 69 valence electrons. The van der Waals surface area contributed by atoms with Gasteiger partial charge in [0.2, 0.25) is 0 Å². The Kier molecular flexibility index (Phi) is 4.03. The first-order valence-corrected chi connectivity index (χ1v) is 5.18. The third-order valence-electron chi connectivity index (χ3n) is 1.68. The molecule has 0 aliphatic heterocycles. The molecule has 0 bridgehead atoms. The predicted octanol–water partition coefficient (Wildman–Crippen LogP) is 2.70. The van der Waals surface area contributed by atoms with Gasteiger partial charge in [0, 0.05) is 12.2 Å². The standard InChI is InChI=1S/C11H13OS/c1-9(13-10(2)12)8-11-6-4-3-5-7-11/h4-7,9H,8H2,1-2H3. The highest BCUT2D eigenvalue weighted by Gasteiger charge is 2.06. The van der Waals surface area contributed by atoms with Gasteiger partial charge in [-0.15, -0.1) is 0 Å². The Morgan fingerprint density at radius 2 is 2.15 bits per heavy atom. The van der Waals surface area contributed by atoms with Crippen LogP contribution in [0.1, 0.15) is 19.4 Å². The van der Waals surface area contributed by atoms with Gasteiger partial charge in [0.15, 0.2) is 5.12 Å². The second-order valence-electron chi connectivity index (χ2n) is 3.03. The number of rotatable bonds is 3. The zero-order chi connectivity index (χ0) is 9.68. The van der Waals surface area contributed by atoms with Gasteiger partial charge < -0.3 is 0 Å². The number of thioether (sulfide) groups is 1. The molecule has 1 atom stereocenters. The minimum atomic E-state index is 0.190. The summed E-state index contributed by atoms with van der Waals surface area (Å²) in [5.74, 6) is 0. The van der Waals surface area contributed by atoms with Crippen LogP contribution in [0, 0.1) is 6.07 Å². The average molecular weight is 193 g/mol. The van der Waals surface area contributed by atoms with E-state index in [0.717, 1.165) is 6.42 Å². The van der Waals surface area contributed by atoms with Crippen LogP contribution in [0.4, 0.5) is 0 Å². The summed E-state index contributed by atoms with van der Waals surface area (Å²) in [7, 11) is 0. The van der Waals surface area contributed by atoms with E-state index < -0.39 is 0 Å². The first-order valence-electron chi connectivity index (χ1n) is 4.30. The van der Waals surface area contributed by atoms with E-state index in [2.05, 4.69) is 13.0 Å². The smallest absolute Gasteiger partial charge is 0.186 e. The minimum absolute atomic E-state index is 0.190. The highest BCUT2D eigenvalue weighted by atomic mass is 32.2. The number of benzene rings is 1. The highest BCUT2D eigenvalue weighted by Crippen LogP contribution is 2.16. The molecule has 0 fully saturated rings.